The second kappa shape index (κ2) is 8.08. The maximum Gasteiger partial charge on any atom is 0.243 e. The lowest BCUT2D eigenvalue weighted by molar-refractivity contribution is 0.103. The van der Waals surface area contributed by atoms with Crippen molar-refractivity contribution < 1.29 is 12.8 Å². The standard InChI is InChI=1S/C24H25BrFN3O2S/c1-24(26)11-3-13-29(15-24)32(30,31)23-9-8-22(19-14-27-12-10-18(19)23)28-21-7-6-16-17(21)4-2-5-20(16)25/h2,4-5,8-10,12,14,21,28H,3,6-7,11,13,15H2,1H3. The van der Waals surface area contributed by atoms with E-state index in [0.29, 0.717) is 24.8 Å². The first kappa shape index (κ1) is 21.8. The highest BCUT2D eigenvalue weighted by atomic mass is 79.9. The van der Waals surface area contributed by atoms with Crippen molar-refractivity contribution in [3.05, 3.63) is 64.4 Å². The average molecular weight is 518 g/mol. The van der Waals surface area contributed by atoms with Crippen molar-refractivity contribution in [2.24, 2.45) is 0 Å². The van der Waals surface area contributed by atoms with Crippen LogP contribution >= 0.6 is 15.9 Å². The largest absolute Gasteiger partial charge is 0.378 e. The third-order valence-electron chi connectivity index (χ3n) is 6.55. The van der Waals surface area contributed by atoms with E-state index in [1.165, 1.54) is 22.4 Å². The van der Waals surface area contributed by atoms with Gasteiger partial charge in [-0.2, -0.15) is 4.31 Å². The van der Waals surface area contributed by atoms with Gasteiger partial charge in [0.1, 0.15) is 5.67 Å². The van der Waals surface area contributed by atoms with Gasteiger partial charge in [0, 0.05) is 46.4 Å². The van der Waals surface area contributed by atoms with Gasteiger partial charge in [0.2, 0.25) is 10.0 Å². The molecule has 1 saturated heterocycles. The van der Waals surface area contributed by atoms with E-state index in [4.69, 9.17) is 0 Å². The molecular formula is C24H25BrFN3O2S. The summed E-state index contributed by atoms with van der Waals surface area (Å²) in [4.78, 5) is 4.45. The third-order valence-corrected chi connectivity index (χ3v) is 9.20. The Kier molecular flexibility index (Phi) is 5.50. The number of hydrogen-bond acceptors (Lipinski definition) is 4. The van der Waals surface area contributed by atoms with Gasteiger partial charge >= 0.3 is 0 Å². The molecule has 0 bridgehead atoms. The Morgan fingerprint density at radius 1 is 1.22 bits per heavy atom. The molecule has 5 rings (SSSR count). The highest BCUT2D eigenvalue weighted by Gasteiger charge is 2.37. The first-order valence-electron chi connectivity index (χ1n) is 10.9. The van der Waals surface area contributed by atoms with Crippen molar-refractivity contribution in [2.45, 2.75) is 49.2 Å². The predicted octanol–water partition coefficient (Wildman–Crippen LogP) is 5.61. The van der Waals surface area contributed by atoms with E-state index in [9.17, 15) is 12.8 Å². The Labute approximate surface area is 196 Å². The molecule has 168 valence electrons. The Morgan fingerprint density at radius 3 is 2.88 bits per heavy atom. The van der Waals surface area contributed by atoms with E-state index in [-0.39, 0.29) is 17.5 Å². The first-order valence-corrected chi connectivity index (χ1v) is 13.1. The van der Waals surface area contributed by atoms with Crippen molar-refractivity contribution in [1.82, 2.24) is 9.29 Å². The number of rotatable bonds is 4. The van der Waals surface area contributed by atoms with Gasteiger partial charge in [-0.3, -0.25) is 4.98 Å². The van der Waals surface area contributed by atoms with Gasteiger partial charge in [-0.1, -0.05) is 28.1 Å². The van der Waals surface area contributed by atoms with E-state index in [1.54, 1.807) is 24.5 Å². The van der Waals surface area contributed by atoms with Gasteiger partial charge < -0.3 is 5.32 Å². The van der Waals surface area contributed by atoms with E-state index in [2.05, 4.69) is 38.4 Å². The monoisotopic (exact) mass is 517 g/mol. The number of nitrogens with one attached hydrogen (secondary N) is 1. The minimum absolute atomic E-state index is 0.115. The maximum atomic E-state index is 14.6. The second-order valence-corrected chi connectivity index (χ2v) is 11.7. The van der Waals surface area contributed by atoms with Crippen molar-refractivity contribution in [2.75, 3.05) is 18.4 Å². The Morgan fingerprint density at radius 2 is 2.06 bits per heavy atom. The van der Waals surface area contributed by atoms with Gasteiger partial charge in [0.15, 0.2) is 0 Å². The quantitative estimate of drug-likeness (QED) is 0.488. The van der Waals surface area contributed by atoms with Crippen LogP contribution in [0.15, 0.2) is 58.2 Å². The zero-order valence-corrected chi connectivity index (χ0v) is 20.2. The molecule has 32 heavy (non-hydrogen) atoms. The van der Waals surface area contributed by atoms with Crippen LogP contribution in [0.4, 0.5) is 10.1 Å². The Hall–Kier alpha value is -2.03. The molecule has 0 radical (unpaired) electrons. The lowest BCUT2D eigenvalue weighted by Gasteiger charge is -2.34. The number of anilines is 1. The van der Waals surface area contributed by atoms with E-state index >= 15 is 0 Å². The predicted molar refractivity (Wildman–Crippen MR) is 128 cm³/mol. The molecule has 1 aromatic heterocycles. The van der Waals surface area contributed by atoms with Crippen molar-refractivity contribution >= 4 is 42.4 Å². The normalized spacial score (nSPS) is 23.9. The molecule has 1 aliphatic carbocycles. The molecule has 3 aromatic rings. The molecular weight excluding hydrogens is 493 g/mol. The fourth-order valence-corrected chi connectivity index (χ4v) is 7.32. The van der Waals surface area contributed by atoms with Crippen LogP contribution in [0.1, 0.15) is 43.4 Å². The third kappa shape index (κ3) is 3.82. The summed E-state index contributed by atoms with van der Waals surface area (Å²) in [6.45, 7) is 1.69. The number of aromatic nitrogens is 1. The molecule has 0 saturated carbocycles. The Bertz CT molecular complexity index is 1300. The first-order chi connectivity index (χ1) is 15.3. The number of hydrogen-bond donors (Lipinski definition) is 1. The minimum atomic E-state index is -3.83. The maximum absolute atomic E-state index is 14.6. The lowest BCUT2D eigenvalue weighted by Crippen LogP contribution is -2.46. The van der Waals surface area contributed by atoms with Gasteiger partial charge in [-0.25, -0.2) is 12.8 Å². The van der Waals surface area contributed by atoms with Crippen LogP contribution in [0.2, 0.25) is 0 Å². The average Bonchev–Trinajstić information content (AvgIpc) is 3.17. The van der Waals surface area contributed by atoms with Crippen LogP contribution < -0.4 is 5.32 Å². The summed E-state index contributed by atoms with van der Waals surface area (Å²) in [5, 5.41) is 4.96. The molecule has 2 aromatic carbocycles. The fraction of sp³-hybridized carbons (Fsp3) is 0.375. The molecule has 1 fully saturated rings. The summed E-state index contributed by atoms with van der Waals surface area (Å²) in [5.41, 5.74) is 1.91. The number of piperidine rings is 1. The number of fused-ring (bicyclic) bond motifs is 2. The topological polar surface area (TPSA) is 62.3 Å². The van der Waals surface area contributed by atoms with Gasteiger partial charge in [-0.05, 0) is 68.0 Å². The smallest absolute Gasteiger partial charge is 0.243 e. The molecule has 2 aliphatic rings. The zero-order chi connectivity index (χ0) is 22.5. The number of nitrogens with zero attached hydrogens (tertiary/aromatic N) is 2. The van der Waals surface area contributed by atoms with Crippen LogP contribution in [0, 0.1) is 0 Å². The lowest BCUT2D eigenvalue weighted by atomic mass is 9.99. The highest BCUT2D eigenvalue weighted by molar-refractivity contribution is 9.10. The number of halogens is 2. The van der Waals surface area contributed by atoms with Crippen LogP contribution in [0.25, 0.3) is 10.8 Å². The highest BCUT2D eigenvalue weighted by Crippen LogP contribution is 2.40. The summed E-state index contributed by atoms with van der Waals surface area (Å²) >= 11 is 3.64. The molecule has 1 aliphatic heterocycles. The summed E-state index contributed by atoms with van der Waals surface area (Å²) < 4.78 is 43.9. The van der Waals surface area contributed by atoms with Crippen molar-refractivity contribution in [3.8, 4) is 0 Å². The van der Waals surface area contributed by atoms with E-state index in [0.717, 1.165) is 28.4 Å². The van der Waals surface area contributed by atoms with Crippen LogP contribution in [0.5, 0.6) is 0 Å². The number of alkyl halides is 1. The molecule has 2 atom stereocenters. The minimum Gasteiger partial charge on any atom is -0.378 e. The fourth-order valence-electron chi connectivity index (χ4n) is 4.95. The van der Waals surface area contributed by atoms with Gasteiger partial charge in [0.25, 0.3) is 0 Å². The summed E-state index contributed by atoms with van der Waals surface area (Å²) in [5.74, 6) is 0. The summed E-state index contributed by atoms with van der Waals surface area (Å²) in [6.07, 6.45) is 6.13. The molecule has 2 heterocycles. The molecule has 5 nitrogen and oxygen atoms in total. The van der Waals surface area contributed by atoms with E-state index < -0.39 is 15.7 Å². The second-order valence-electron chi connectivity index (χ2n) is 8.93. The number of benzene rings is 2. The van der Waals surface area contributed by atoms with E-state index in [1.807, 2.05) is 12.1 Å². The molecule has 0 spiro atoms. The van der Waals surface area contributed by atoms with Gasteiger partial charge in [0.05, 0.1) is 10.9 Å². The molecule has 8 heteroatoms. The zero-order valence-electron chi connectivity index (χ0n) is 17.8. The van der Waals surface area contributed by atoms with Crippen molar-refractivity contribution in [1.29, 1.82) is 0 Å². The summed E-state index contributed by atoms with van der Waals surface area (Å²) in [7, 11) is -3.83. The van der Waals surface area contributed by atoms with Crippen molar-refractivity contribution in [3.63, 3.8) is 0 Å². The molecule has 1 N–H and O–H groups in total. The summed E-state index contributed by atoms with van der Waals surface area (Å²) in [6, 6.07) is 11.5. The molecule has 0 amide bonds. The Balaban J connectivity index is 1.53. The number of pyridine rings is 1. The molecule has 2 unspecified atom stereocenters. The van der Waals surface area contributed by atoms with Gasteiger partial charge in [-0.15, -0.1) is 0 Å². The SMILES string of the molecule is CC1(F)CCCN(S(=O)(=O)c2ccc(NC3CCc4c(Br)cccc43)c3cnccc23)C1. The van der Waals surface area contributed by atoms with Crippen LogP contribution in [0.3, 0.4) is 0 Å². The number of sulfonamides is 1. The van der Waals surface area contributed by atoms with Crippen LogP contribution in [-0.4, -0.2) is 36.5 Å². The van der Waals surface area contributed by atoms with Crippen LogP contribution in [-0.2, 0) is 16.4 Å².